The molecule has 0 spiro atoms. The second kappa shape index (κ2) is 5.48. The van der Waals surface area contributed by atoms with Crippen molar-refractivity contribution in [3.05, 3.63) is 70.4 Å². The van der Waals surface area contributed by atoms with E-state index in [1.165, 1.54) is 35.6 Å². The minimum absolute atomic E-state index is 0.115. The lowest BCUT2D eigenvalue weighted by Gasteiger charge is -2.15. The maximum absolute atomic E-state index is 13.9. The van der Waals surface area contributed by atoms with Gasteiger partial charge < -0.3 is 0 Å². The molecule has 1 heterocycles. The molecule has 1 aromatic heterocycles. The quantitative estimate of drug-likeness (QED) is 0.569. The van der Waals surface area contributed by atoms with Crippen LogP contribution in [0.2, 0.25) is 0 Å². The first kappa shape index (κ1) is 14.1. The molecular weight excluding hydrogens is 297 g/mol. The molecule has 0 aliphatic carbocycles. The van der Waals surface area contributed by atoms with Gasteiger partial charge in [-0.3, -0.25) is 5.84 Å². The summed E-state index contributed by atoms with van der Waals surface area (Å²) in [6, 6.07) is 9.42. The summed E-state index contributed by atoms with van der Waals surface area (Å²) in [7, 11) is 0. The fourth-order valence-corrected chi connectivity index (χ4v) is 3.41. The number of hydrogen-bond acceptors (Lipinski definition) is 3. The van der Waals surface area contributed by atoms with Gasteiger partial charge in [0.1, 0.15) is 5.82 Å². The molecule has 1 atom stereocenters. The lowest BCUT2D eigenvalue weighted by molar-refractivity contribution is 0.484. The Morgan fingerprint density at radius 1 is 1.05 bits per heavy atom. The summed E-state index contributed by atoms with van der Waals surface area (Å²) in [6.07, 6.45) is 0. The summed E-state index contributed by atoms with van der Waals surface area (Å²) in [5.41, 5.74) is 2.60. The van der Waals surface area contributed by atoms with Gasteiger partial charge in [0.15, 0.2) is 11.6 Å². The van der Waals surface area contributed by atoms with E-state index in [0.717, 1.165) is 16.2 Å². The van der Waals surface area contributed by atoms with E-state index in [1.807, 2.05) is 0 Å². The van der Waals surface area contributed by atoms with Gasteiger partial charge in [0.2, 0.25) is 0 Å². The zero-order valence-corrected chi connectivity index (χ0v) is 11.6. The molecule has 0 aliphatic rings. The van der Waals surface area contributed by atoms with Crippen molar-refractivity contribution in [2.75, 3.05) is 0 Å². The Hall–Kier alpha value is -1.89. The minimum Gasteiger partial charge on any atom is -0.271 e. The van der Waals surface area contributed by atoms with Gasteiger partial charge in [-0.1, -0.05) is 18.2 Å². The molecule has 1 unspecified atom stereocenters. The highest BCUT2D eigenvalue weighted by atomic mass is 32.1. The fourth-order valence-electron chi connectivity index (χ4n) is 2.24. The molecule has 0 saturated carbocycles. The lowest BCUT2D eigenvalue weighted by atomic mass is 10.0. The van der Waals surface area contributed by atoms with Crippen LogP contribution < -0.4 is 11.3 Å². The Labute approximate surface area is 123 Å². The van der Waals surface area contributed by atoms with E-state index >= 15 is 0 Å². The molecule has 0 bridgehead atoms. The summed E-state index contributed by atoms with van der Waals surface area (Å²) < 4.78 is 41.2. The SMILES string of the molecule is NNC(c1cc2ccc(F)cc2s1)c1cccc(F)c1F. The van der Waals surface area contributed by atoms with Gasteiger partial charge in [-0.05, 0) is 29.7 Å². The van der Waals surface area contributed by atoms with Crippen LogP contribution in [0.3, 0.4) is 0 Å². The van der Waals surface area contributed by atoms with Gasteiger partial charge in [-0.2, -0.15) is 0 Å². The van der Waals surface area contributed by atoms with Crippen molar-refractivity contribution in [3.8, 4) is 0 Å². The van der Waals surface area contributed by atoms with Gasteiger partial charge in [0.05, 0.1) is 6.04 Å². The van der Waals surface area contributed by atoms with Crippen LogP contribution >= 0.6 is 11.3 Å². The summed E-state index contributed by atoms with van der Waals surface area (Å²) in [5.74, 6) is 3.29. The predicted molar refractivity (Wildman–Crippen MR) is 77.3 cm³/mol. The molecule has 0 saturated heterocycles. The van der Waals surface area contributed by atoms with Crippen molar-refractivity contribution in [2.45, 2.75) is 6.04 Å². The molecular formula is C15H11F3N2S. The van der Waals surface area contributed by atoms with Crippen LogP contribution in [0, 0.1) is 17.5 Å². The third kappa shape index (κ3) is 2.53. The number of thiophene rings is 1. The highest BCUT2D eigenvalue weighted by Gasteiger charge is 2.21. The van der Waals surface area contributed by atoms with Crippen LogP contribution in [-0.4, -0.2) is 0 Å². The highest BCUT2D eigenvalue weighted by molar-refractivity contribution is 7.19. The molecule has 6 heteroatoms. The monoisotopic (exact) mass is 308 g/mol. The standard InChI is InChI=1S/C15H11F3N2S/c16-9-5-4-8-6-13(21-12(8)7-9)15(20-19)10-2-1-3-11(17)14(10)18/h1-7,15,20H,19H2. The summed E-state index contributed by atoms with van der Waals surface area (Å²) in [5, 5.41) is 0.827. The number of rotatable bonds is 3. The molecule has 0 radical (unpaired) electrons. The summed E-state index contributed by atoms with van der Waals surface area (Å²) in [4.78, 5) is 0.683. The Morgan fingerprint density at radius 3 is 2.62 bits per heavy atom. The first-order valence-electron chi connectivity index (χ1n) is 6.19. The van der Waals surface area contributed by atoms with E-state index in [4.69, 9.17) is 5.84 Å². The normalized spacial score (nSPS) is 12.8. The molecule has 0 amide bonds. The van der Waals surface area contributed by atoms with E-state index < -0.39 is 17.7 Å². The van der Waals surface area contributed by atoms with Gasteiger partial charge in [-0.15, -0.1) is 11.3 Å². The molecule has 21 heavy (non-hydrogen) atoms. The first-order valence-corrected chi connectivity index (χ1v) is 7.01. The largest absolute Gasteiger partial charge is 0.271 e. The lowest BCUT2D eigenvalue weighted by Crippen LogP contribution is -2.29. The van der Waals surface area contributed by atoms with Crippen molar-refractivity contribution in [1.29, 1.82) is 0 Å². The third-order valence-electron chi connectivity index (χ3n) is 3.24. The highest BCUT2D eigenvalue weighted by Crippen LogP contribution is 2.34. The van der Waals surface area contributed by atoms with Crippen LogP contribution in [-0.2, 0) is 0 Å². The van der Waals surface area contributed by atoms with Crippen LogP contribution in [0.15, 0.2) is 42.5 Å². The zero-order valence-electron chi connectivity index (χ0n) is 10.7. The molecule has 0 aliphatic heterocycles. The van der Waals surface area contributed by atoms with E-state index in [-0.39, 0.29) is 11.4 Å². The van der Waals surface area contributed by atoms with Crippen molar-refractivity contribution in [2.24, 2.45) is 5.84 Å². The number of halogens is 3. The summed E-state index contributed by atoms with van der Waals surface area (Å²) in [6.45, 7) is 0. The smallest absolute Gasteiger partial charge is 0.164 e. The topological polar surface area (TPSA) is 38.0 Å². The van der Waals surface area contributed by atoms with E-state index in [2.05, 4.69) is 5.43 Å². The number of nitrogens with one attached hydrogen (secondary N) is 1. The number of benzene rings is 2. The van der Waals surface area contributed by atoms with Crippen LogP contribution in [0.1, 0.15) is 16.5 Å². The molecule has 108 valence electrons. The zero-order chi connectivity index (χ0) is 15.0. The second-order valence-corrected chi connectivity index (χ2v) is 5.69. The van der Waals surface area contributed by atoms with Crippen LogP contribution in [0.25, 0.3) is 10.1 Å². The van der Waals surface area contributed by atoms with Crippen molar-refractivity contribution in [1.82, 2.24) is 5.43 Å². The molecule has 3 aromatic rings. The maximum Gasteiger partial charge on any atom is 0.164 e. The average molecular weight is 308 g/mol. The number of hydrazine groups is 1. The fraction of sp³-hybridized carbons (Fsp3) is 0.0667. The molecule has 2 nitrogen and oxygen atoms in total. The van der Waals surface area contributed by atoms with Crippen LogP contribution in [0.5, 0.6) is 0 Å². The van der Waals surface area contributed by atoms with E-state index in [0.29, 0.717) is 4.88 Å². The van der Waals surface area contributed by atoms with Crippen LogP contribution in [0.4, 0.5) is 13.2 Å². The molecule has 0 fully saturated rings. The Kier molecular flexibility index (Phi) is 3.67. The minimum atomic E-state index is -0.941. The van der Waals surface area contributed by atoms with E-state index in [9.17, 15) is 13.2 Å². The molecule has 2 aromatic carbocycles. The number of nitrogens with two attached hydrogens (primary N) is 1. The van der Waals surface area contributed by atoms with Crippen molar-refractivity contribution in [3.63, 3.8) is 0 Å². The summed E-state index contributed by atoms with van der Waals surface area (Å²) >= 11 is 1.28. The molecule has 3 rings (SSSR count). The number of fused-ring (bicyclic) bond motifs is 1. The Balaban J connectivity index is 2.11. The molecule has 3 N–H and O–H groups in total. The van der Waals surface area contributed by atoms with Crippen molar-refractivity contribution >= 4 is 21.4 Å². The Morgan fingerprint density at radius 2 is 1.86 bits per heavy atom. The van der Waals surface area contributed by atoms with Gasteiger partial charge in [-0.25, -0.2) is 18.6 Å². The Bertz CT molecular complexity index is 801. The van der Waals surface area contributed by atoms with Gasteiger partial charge in [0.25, 0.3) is 0 Å². The maximum atomic E-state index is 13.9. The second-order valence-electron chi connectivity index (χ2n) is 4.57. The predicted octanol–water partition coefficient (Wildman–Crippen LogP) is 3.87. The average Bonchev–Trinajstić information content (AvgIpc) is 2.87. The van der Waals surface area contributed by atoms with Gasteiger partial charge >= 0.3 is 0 Å². The number of hydrogen-bond donors (Lipinski definition) is 2. The first-order chi connectivity index (χ1) is 10.1. The third-order valence-corrected chi connectivity index (χ3v) is 4.41. The van der Waals surface area contributed by atoms with Crippen molar-refractivity contribution < 1.29 is 13.2 Å². The van der Waals surface area contributed by atoms with Gasteiger partial charge in [0, 0.05) is 15.1 Å². The van der Waals surface area contributed by atoms with E-state index in [1.54, 1.807) is 12.1 Å².